The van der Waals surface area contributed by atoms with Gasteiger partial charge in [0.15, 0.2) is 0 Å². The van der Waals surface area contributed by atoms with Crippen LogP contribution in [0, 0.1) is 0 Å². The van der Waals surface area contributed by atoms with Crippen LogP contribution in [0.4, 0.5) is 10.5 Å². The average Bonchev–Trinajstić information content (AvgIpc) is 3.15. The zero-order valence-electron chi connectivity index (χ0n) is 14.7. The van der Waals surface area contributed by atoms with Gasteiger partial charge in [-0.15, -0.1) is 0 Å². The van der Waals surface area contributed by atoms with Crippen LogP contribution in [-0.2, 0) is 9.59 Å². The second-order valence-corrected chi connectivity index (χ2v) is 6.96. The number of nitrogens with one attached hydrogen (secondary N) is 1. The number of nitrogens with zero attached hydrogens (tertiary/aromatic N) is 1. The molecule has 2 heterocycles. The predicted molar refractivity (Wildman–Crippen MR) is 110 cm³/mol. The number of barbiturate groups is 1. The minimum Gasteiger partial charge on any atom is -0.457 e. The molecule has 4 rings (SSSR count). The van der Waals surface area contributed by atoms with E-state index in [9.17, 15) is 14.4 Å². The topological polar surface area (TPSA) is 79.6 Å². The van der Waals surface area contributed by atoms with Crippen LogP contribution >= 0.6 is 23.2 Å². The van der Waals surface area contributed by atoms with Gasteiger partial charge in [0, 0.05) is 10.6 Å². The predicted octanol–water partition coefficient (Wildman–Crippen LogP) is 4.92. The number of furan rings is 1. The molecule has 1 fully saturated rings. The third kappa shape index (κ3) is 3.68. The number of amides is 4. The third-order valence-electron chi connectivity index (χ3n) is 4.24. The first kappa shape index (κ1) is 19.0. The molecule has 6 nitrogen and oxygen atoms in total. The monoisotopic (exact) mass is 426 g/mol. The van der Waals surface area contributed by atoms with Crippen LogP contribution in [0.1, 0.15) is 5.76 Å². The van der Waals surface area contributed by atoms with E-state index >= 15 is 0 Å². The lowest BCUT2D eigenvalue weighted by Gasteiger charge is -2.26. The Balaban J connectivity index is 1.68. The third-order valence-corrected chi connectivity index (χ3v) is 4.82. The molecular weight excluding hydrogens is 415 g/mol. The molecule has 3 aromatic rings. The summed E-state index contributed by atoms with van der Waals surface area (Å²) in [5, 5.41) is 3.11. The van der Waals surface area contributed by atoms with Crippen molar-refractivity contribution in [3.8, 4) is 11.3 Å². The van der Waals surface area contributed by atoms with Gasteiger partial charge in [0.2, 0.25) is 0 Å². The maximum Gasteiger partial charge on any atom is 0.335 e. The molecule has 0 aliphatic carbocycles. The molecule has 1 N–H and O–H groups in total. The minimum absolute atomic E-state index is 0.236. The van der Waals surface area contributed by atoms with Crippen molar-refractivity contribution in [1.82, 2.24) is 5.32 Å². The van der Waals surface area contributed by atoms with Crippen LogP contribution in [0.5, 0.6) is 0 Å². The highest BCUT2D eigenvalue weighted by molar-refractivity contribution is 6.39. The highest BCUT2D eigenvalue weighted by Crippen LogP contribution is 2.30. The average molecular weight is 427 g/mol. The van der Waals surface area contributed by atoms with Gasteiger partial charge in [0.25, 0.3) is 11.8 Å². The van der Waals surface area contributed by atoms with Gasteiger partial charge in [-0.05, 0) is 54.6 Å². The normalized spacial score (nSPS) is 15.7. The summed E-state index contributed by atoms with van der Waals surface area (Å²) >= 11 is 12.0. The fourth-order valence-electron chi connectivity index (χ4n) is 2.86. The van der Waals surface area contributed by atoms with E-state index in [1.807, 2.05) is 6.07 Å². The summed E-state index contributed by atoms with van der Waals surface area (Å²) in [7, 11) is 0. The number of hydrogen-bond acceptors (Lipinski definition) is 4. The van der Waals surface area contributed by atoms with Crippen LogP contribution in [0.25, 0.3) is 17.4 Å². The van der Waals surface area contributed by atoms with Crippen LogP contribution in [-0.4, -0.2) is 17.8 Å². The van der Waals surface area contributed by atoms with Gasteiger partial charge >= 0.3 is 6.03 Å². The van der Waals surface area contributed by atoms with Gasteiger partial charge in [-0.25, -0.2) is 9.69 Å². The number of hydrogen-bond donors (Lipinski definition) is 1. The van der Waals surface area contributed by atoms with Crippen molar-refractivity contribution in [3.63, 3.8) is 0 Å². The van der Waals surface area contributed by atoms with Crippen molar-refractivity contribution in [3.05, 3.63) is 82.0 Å². The molecule has 1 saturated heterocycles. The maximum atomic E-state index is 12.8. The first-order valence-corrected chi connectivity index (χ1v) is 9.21. The van der Waals surface area contributed by atoms with Crippen LogP contribution in [0.15, 0.2) is 70.7 Å². The second-order valence-electron chi connectivity index (χ2n) is 6.12. The molecule has 0 radical (unpaired) electrons. The number of rotatable bonds is 3. The number of halogens is 2. The Bertz CT molecular complexity index is 1170. The smallest absolute Gasteiger partial charge is 0.335 e. The quantitative estimate of drug-likeness (QED) is 0.476. The van der Waals surface area contributed by atoms with Crippen molar-refractivity contribution in [1.29, 1.82) is 0 Å². The molecule has 1 aliphatic heterocycles. The van der Waals surface area contributed by atoms with E-state index in [2.05, 4.69) is 5.32 Å². The Morgan fingerprint density at radius 2 is 1.62 bits per heavy atom. The van der Waals surface area contributed by atoms with Crippen molar-refractivity contribution < 1.29 is 18.8 Å². The van der Waals surface area contributed by atoms with Crippen molar-refractivity contribution in [2.45, 2.75) is 0 Å². The molecule has 8 heteroatoms. The lowest BCUT2D eigenvalue weighted by atomic mass is 10.1. The number of imide groups is 2. The number of carbonyl (C=O) groups is 3. The summed E-state index contributed by atoms with van der Waals surface area (Å²) in [4.78, 5) is 38.2. The summed E-state index contributed by atoms with van der Waals surface area (Å²) in [6.45, 7) is 0. The fraction of sp³-hybridized carbons (Fsp3) is 0. The van der Waals surface area contributed by atoms with Crippen molar-refractivity contribution >= 4 is 52.8 Å². The highest BCUT2D eigenvalue weighted by atomic mass is 35.5. The molecule has 29 heavy (non-hydrogen) atoms. The van der Waals surface area contributed by atoms with Crippen LogP contribution in [0.3, 0.4) is 0 Å². The number of benzene rings is 2. The first-order chi connectivity index (χ1) is 13.9. The Morgan fingerprint density at radius 1 is 0.897 bits per heavy atom. The van der Waals surface area contributed by atoms with Gasteiger partial charge < -0.3 is 4.42 Å². The van der Waals surface area contributed by atoms with Gasteiger partial charge in [-0.3, -0.25) is 14.9 Å². The highest BCUT2D eigenvalue weighted by Gasteiger charge is 2.37. The summed E-state index contributed by atoms with van der Waals surface area (Å²) in [6, 6.07) is 15.7. The maximum absolute atomic E-state index is 12.8. The summed E-state index contributed by atoms with van der Waals surface area (Å²) in [5.41, 5.74) is 0.724. The van der Waals surface area contributed by atoms with E-state index in [0.29, 0.717) is 21.4 Å². The van der Waals surface area contributed by atoms with E-state index in [1.165, 1.54) is 18.2 Å². The molecule has 1 aromatic heterocycles. The molecule has 0 unspecified atom stereocenters. The van der Waals surface area contributed by atoms with Gasteiger partial charge in [0.05, 0.1) is 10.7 Å². The minimum atomic E-state index is -0.837. The fourth-order valence-corrected chi connectivity index (χ4v) is 3.22. The van der Waals surface area contributed by atoms with Crippen molar-refractivity contribution in [2.75, 3.05) is 4.90 Å². The largest absolute Gasteiger partial charge is 0.457 e. The lowest BCUT2D eigenvalue weighted by molar-refractivity contribution is -0.122. The van der Waals surface area contributed by atoms with Crippen LogP contribution in [0.2, 0.25) is 10.0 Å². The second kappa shape index (κ2) is 7.58. The molecule has 0 atom stereocenters. The van der Waals surface area contributed by atoms with E-state index < -0.39 is 17.8 Å². The van der Waals surface area contributed by atoms with Gasteiger partial charge in [-0.1, -0.05) is 35.3 Å². The zero-order valence-corrected chi connectivity index (χ0v) is 16.2. The van der Waals surface area contributed by atoms with Crippen LogP contribution < -0.4 is 10.2 Å². The van der Waals surface area contributed by atoms with E-state index in [-0.39, 0.29) is 17.0 Å². The molecule has 2 aromatic carbocycles. The Labute approximate surface area is 175 Å². The number of anilines is 1. The molecule has 0 saturated carbocycles. The standard InChI is InChI=1S/C21H12Cl2N2O4/c22-12-5-7-13(8-6-12)25-20(27)16(19(26)24-21(25)28)11-14-9-10-18(29-14)15-3-1-2-4-17(15)23/h1-11H,(H,24,26,28)/b16-11+. The Kier molecular flexibility index (Phi) is 4.96. The van der Waals surface area contributed by atoms with E-state index in [1.54, 1.807) is 42.5 Å². The van der Waals surface area contributed by atoms with Crippen molar-refractivity contribution in [2.24, 2.45) is 0 Å². The number of urea groups is 1. The molecular formula is C21H12Cl2N2O4. The molecule has 144 valence electrons. The molecule has 0 bridgehead atoms. The SMILES string of the molecule is O=C1NC(=O)N(c2ccc(Cl)cc2)C(=O)/C1=C/c1ccc(-c2ccccc2Cl)o1. The van der Waals surface area contributed by atoms with Gasteiger partial charge in [0.1, 0.15) is 17.1 Å². The molecule has 1 aliphatic rings. The number of carbonyl (C=O) groups excluding carboxylic acids is 3. The Morgan fingerprint density at radius 3 is 2.34 bits per heavy atom. The zero-order chi connectivity index (χ0) is 20.5. The summed E-state index contributed by atoms with van der Waals surface area (Å²) in [5.74, 6) is -0.821. The molecule has 0 spiro atoms. The van der Waals surface area contributed by atoms with Gasteiger partial charge in [-0.2, -0.15) is 0 Å². The summed E-state index contributed by atoms with van der Waals surface area (Å²) < 4.78 is 5.72. The molecule has 4 amide bonds. The first-order valence-electron chi connectivity index (χ1n) is 8.46. The Hall–Kier alpha value is -3.35. The van der Waals surface area contributed by atoms with E-state index in [0.717, 1.165) is 4.90 Å². The van der Waals surface area contributed by atoms with E-state index in [4.69, 9.17) is 27.6 Å². The lowest BCUT2D eigenvalue weighted by Crippen LogP contribution is -2.54. The summed E-state index contributed by atoms with van der Waals surface area (Å²) in [6.07, 6.45) is 1.29.